The van der Waals surface area contributed by atoms with Gasteiger partial charge in [-0.05, 0) is 66.2 Å². The van der Waals surface area contributed by atoms with Crippen LogP contribution in [0.2, 0.25) is 0 Å². The van der Waals surface area contributed by atoms with Gasteiger partial charge in [0.05, 0.1) is 17.8 Å². The Kier molecular flexibility index (Phi) is 26.4. The maximum absolute atomic E-state index is 12.4. The Hall–Kier alpha value is -3.32. The monoisotopic (exact) mass is 738 g/mol. The Morgan fingerprint density at radius 3 is 1.87 bits per heavy atom. The van der Waals surface area contributed by atoms with Gasteiger partial charge in [0, 0.05) is 44.6 Å². The van der Waals surface area contributed by atoms with Crippen LogP contribution in [0.4, 0.5) is 0 Å². The van der Waals surface area contributed by atoms with E-state index in [1.807, 2.05) is 41.5 Å². The Balaban J connectivity index is 0.0000128. The second-order valence-corrected chi connectivity index (χ2v) is 14.4. The molecule has 5 N–H and O–H groups in total. The molecule has 300 valence electrons. The highest BCUT2D eigenvalue weighted by atomic mass is 16.5. The molecule has 0 aliphatic carbocycles. The number of nitrogens with two attached hydrogens (primary N) is 1. The lowest BCUT2D eigenvalue weighted by Gasteiger charge is -2.29. The summed E-state index contributed by atoms with van der Waals surface area (Å²) in [4.78, 5) is 72.9. The fourth-order valence-corrected chi connectivity index (χ4v) is 5.34. The van der Waals surface area contributed by atoms with Gasteiger partial charge in [-0.1, -0.05) is 72.1 Å². The van der Waals surface area contributed by atoms with Gasteiger partial charge in [0.2, 0.25) is 23.6 Å². The van der Waals surface area contributed by atoms with Crippen LogP contribution < -0.4 is 21.7 Å². The molecular formula is C39H71N5O8. The van der Waals surface area contributed by atoms with Crippen LogP contribution in [-0.2, 0) is 38.2 Å². The van der Waals surface area contributed by atoms with Gasteiger partial charge in [-0.3, -0.25) is 33.7 Å². The van der Waals surface area contributed by atoms with Gasteiger partial charge in [-0.2, -0.15) is 0 Å². The van der Waals surface area contributed by atoms with E-state index in [1.54, 1.807) is 0 Å². The molecule has 0 aromatic heterocycles. The highest BCUT2D eigenvalue weighted by Gasteiger charge is 2.25. The van der Waals surface area contributed by atoms with Gasteiger partial charge in [-0.15, -0.1) is 0 Å². The van der Waals surface area contributed by atoms with Crippen molar-refractivity contribution in [2.24, 2.45) is 5.73 Å². The molecular weight excluding hydrogens is 666 g/mol. The third kappa shape index (κ3) is 24.8. The zero-order valence-corrected chi connectivity index (χ0v) is 33.4. The molecule has 0 fully saturated rings. The molecule has 6 amide bonds. The van der Waals surface area contributed by atoms with E-state index in [1.165, 1.54) is 50.7 Å². The summed E-state index contributed by atoms with van der Waals surface area (Å²) in [5.74, 6) is -2.01. The molecule has 0 bridgehead atoms. The van der Waals surface area contributed by atoms with E-state index in [4.69, 9.17) is 15.2 Å². The lowest BCUT2D eigenvalue weighted by atomic mass is 10.0. The maximum Gasteiger partial charge on any atom is 0.253 e. The molecule has 13 heteroatoms. The number of ether oxygens (including phenoxy) is 2. The average molecular weight is 738 g/mol. The number of rotatable bonds is 30. The molecule has 1 atom stereocenters. The van der Waals surface area contributed by atoms with Gasteiger partial charge < -0.3 is 31.2 Å². The number of primary amides is 1. The van der Waals surface area contributed by atoms with Gasteiger partial charge in [-0.25, -0.2) is 0 Å². The number of unbranched alkanes of at least 4 members (excludes halogenated alkanes) is 9. The Bertz CT molecular complexity index is 1090. The summed E-state index contributed by atoms with van der Waals surface area (Å²) in [6.45, 7) is 14.9. The predicted octanol–water partition coefficient (Wildman–Crippen LogP) is 4.99. The molecule has 0 aromatic carbocycles. The Morgan fingerprint density at radius 2 is 1.27 bits per heavy atom. The smallest absolute Gasteiger partial charge is 0.253 e. The number of amides is 6. The molecule has 1 rings (SSSR count). The van der Waals surface area contributed by atoms with E-state index in [-0.39, 0.29) is 37.3 Å². The van der Waals surface area contributed by atoms with Crippen molar-refractivity contribution in [1.29, 1.82) is 0 Å². The summed E-state index contributed by atoms with van der Waals surface area (Å²) in [6, 6.07) is -0.712. The summed E-state index contributed by atoms with van der Waals surface area (Å²) in [7, 11) is 0. The first kappa shape index (κ1) is 48.7. The quantitative estimate of drug-likeness (QED) is 0.0587. The molecule has 1 unspecified atom stereocenters. The largest absolute Gasteiger partial charge is 0.375 e. The first-order valence-electron chi connectivity index (χ1n) is 19.6. The van der Waals surface area contributed by atoms with Crippen LogP contribution in [0.25, 0.3) is 0 Å². The highest BCUT2D eigenvalue weighted by Crippen LogP contribution is 2.19. The maximum atomic E-state index is 12.4. The van der Waals surface area contributed by atoms with Crippen molar-refractivity contribution < 1.29 is 38.2 Å². The minimum absolute atomic E-state index is 0.0362. The first-order chi connectivity index (χ1) is 24.7. The van der Waals surface area contributed by atoms with Gasteiger partial charge in [0.1, 0.15) is 12.6 Å². The topological polar surface area (TPSA) is 186 Å². The van der Waals surface area contributed by atoms with Crippen LogP contribution in [-0.4, -0.2) is 90.4 Å². The average Bonchev–Trinajstić information content (AvgIpc) is 3.41. The van der Waals surface area contributed by atoms with E-state index < -0.39 is 35.0 Å². The van der Waals surface area contributed by atoms with Crippen molar-refractivity contribution in [3.8, 4) is 0 Å². The molecule has 1 aliphatic rings. The highest BCUT2D eigenvalue weighted by molar-refractivity contribution is 6.13. The summed E-state index contributed by atoms with van der Waals surface area (Å²) < 4.78 is 11.9. The molecule has 0 saturated heterocycles. The number of carbonyl (C=O) groups is 6. The zero-order valence-electron chi connectivity index (χ0n) is 33.4. The van der Waals surface area contributed by atoms with Crippen LogP contribution in [0.1, 0.15) is 151 Å². The predicted molar refractivity (Wildman–Crippen MR) is 204 cm³/mol. The number of carbonyl (C=O) groups excluding carboxylic acids is 6. The van der Waals surface area contributed by atoms with Crippen LogP contribution in [0.15, 0.2) is 12.2 Å². The van der Waals surface area contributed by atoms with E-state index in [9.17, 15) is 28.8 Å². The van der Waals surface area contributed by atoms with E-state index in [2.05, 4.69) is 22.9 Å². The lowest BCUT2D eigenvalue weighted by molar-refractivity contribution is -0.137. The number of nitrogens with one attached hydrogen (secondary N) is 3. The molecule has 0 aromatic rings. The van der Waals surface area contributed by atoms with Gasteiger partial charge in [0.15, 0.2) is 0 Å². The molecule has 52 heavy (non-hydrogen) atoms. The molecule has 0 radical (unpaired) electrons. The van der Waals surface area contributed by atoms with E-state index >= 15 is 0 Å². The van der Waals surface area contributed by atoms with Crippen LogP contribution in [0, 0.1) is 0 Å². The minimum atomic E-state index is -0.712. The first-order valence-corrected chi connectivity index (χ1v) is 19.6. The van der Waals surface area contributed by atoms with Gasteiger partial charge >= 0.3 is 0 Å². The fraction of sp³-hybridized carbons (Fsp3) is 0.795. The summed E-state index contributed by atoms with van der Waals surface area (Å²) in [6.07, 6.45) is 16.1. The molecule has 1 aliphatic heterocycles. The van der Waals surface area contributed by atoms with Crippen molar-refractivity contribution in [2.75, 3.05) is 32.8 Å². The zero-order chi connectivity index (χ0) is 39.4. The van der Waals surface area contributed by atoms with Crippen molar-refractivity contribution in [3.63, 3.8) is 0 Å². The van der Waals surface area contributed by atoms with Crippen molar-refractivity contribution in [1.82, 2.24) is 20.9 Å². The van der Waals surface area contributed by atoms with Crippen molar-refractivity contribution in [3.05, 3.63) is 12.2 Å². The normalized spacial score (nSPS) is 13.4. The van der Waals surface area contributed by atoms with Crippen molar-refractivity contribution >= 4 is 35.4 Å². The standard InChI is InChI=1S/C37H65N5O8.C2H6/c1-6-7-8-9-10-11-12-13-14-18-31(44)41-29(35(38)48)17-15-16-24-39-32(45)28-50-37(4,5)23-27-49-36(2,3)22-25-40-30(43)21-26-42-33(46)19-20-34(42)47;1-2/h19-20,29H,6-18,21-28H2,1-5H3,(H2,38,48)(H,39,45)(H,40,43)(H,41,44);1-2H3. The third-order valence-electron chi connectivity index (χ3n) is 8.73. The number of hydrogen-bond donors (Lipinski definition) is 4. The number of hydrogen-bond acceptors (Lipinski definition) is 8. The summed E-state index contributed by atoms with van der Waals surface area (Å²) in [5, 5.41) is 8.39. The SMILES string of the molecule is CC.CCCCCCCCCCCC(=O)NC(CCCCNC(=O)COC(C)(C)CCOC(C)(C)CCNC(=O)CCN1C(=O)C=CC1=O)C(N)=O. The minimum Gasteiger partial charge on any atom is -0.375 e. The Labute approximate surface area is 313 Å². The van der Waals surface area contributed by atoms with Crippen LogP contribution >= 0.6 is 0 Å². The fourth-order valence-electron chi connectivity index (χ4n) is 5.34. The number of nitrogens with zero attached hydrogens (tertiary/aromatic N) is 1. The van der Waals surface area contributed by atoms with Crippen LogP contribution in [0.3, 0.4) is 0 Å². The molecule has 0 saturated carbocycles. The molecule has 13 nitrogen and oxygen atoms in total. The Morgan fingerprint density at radius 1 is 0.712 bits per heavy atom. The van der Waals surface area contributed by atoms with Crippen LogP contribution in [0.5, 0.6) is 0 Å². The van der Waals surface area contributed by atoms with E-state index in [0.29, 0.717) is 58.2 Å². The molecule has 0 spiro atoms. The third-order valence-corrected chi connectivity index (χ3v) is 8.73. The molecule has 1 heterocycles. The second kappa shape index (κ2) is 28.2. The summed E-state index contributed by atoms with van der Waals surface area (Å²) in [5.41, 5.74) is 4.39. The van der Waals surface area contributed by atoms with Crippen molar-refractivity contribution in [2.45, 2.75) is 168 Å². The number of imide groups is 1. The van der Waals surface area contributed by atoms with Gasteiger partial charge in [0.25, 0.3) is 11.8 Å². The lowest BCUT2D eigenvalue weighted by Crippen LogP contribution is -2.44. The summed E-state index contributed by atoms with van der Waals surface area (Å²) >= 11 is 0. The van der Waals surface area contributed by atoms with E-state index in [0.717, 1.165) is 24.2 Å². The second-order valence-electron chi connectivity index (χ2n) is 14.4.